The molecule has 0 unspecified atom stereocenters. The van der Waals surface area contributed by atoms with E-state index in [1.165, 1.54) is 6.07 Å². The summed E-state index contributed by atoms with van der Waals surface area (Å²) in [4.78, 5) is 9.17. The van der Waals surface area contributed by atoms with Gasteiger partial charge >= 0.3 is 5.69 Å². The largest absolute Gasteiger partial charge is 0.324 e. The number of nitrogens with zero attached hydrogens (tertiary/aromatic N) is 3. The Balaban J connectivity index is 0.000000257. The molecule has 5 nitrogen and oxygen atoms in total. The zero-order chi connectivity index (χ0) is 19.3. The summed E-state index contributed by atoms with van der Waals surface area (Å²) >= 11 is 10.2. The maximum absolute atomic E-state index is 13.0. The molecule has 0 aliphatic carbocycles. The average Bonchev–Trinajstić information content (AvgIpc) is 2.56. The highest BCUT2D eigenvalue weighted by Gasteiger charge is 2.26. The Hall–Kier alpha value is -2.88. The van der Waals surface area contributed by atoms with E-state index in [1.54, 1.807) is 6.07 Å². The average molecular weight is 392 g/mol. The smallest absolute Gasteiger partial charge is 0.258 e. The van der Waals surface area contributed by atoms with Crippen molar-refractivity contribution in [3.05, 3.63) is 72.8 Å². The van der Waals surface area contributed by atoms with Crippen molar-refractivity contribution in [3.63, 3.8) is 0 Å². The summed E-state index contributed by atoms with van der Waals surface area (Å²) in [6, 6.07) is 5.18. The van der Waals surface area contributed by atoms with Crippen LogP contribution in [0.3, 0.4) is 0 Å². The first-order valence-electron chi connectivity index (χ1n) is 5.90. The summed E-state index contributed by atoms with van der Waals surface area (Å²) in [6.45, 7) is 0. The number of nitro groups is 1. The van der Waals surface area contributed by atoms with Gasteiger partial charge in [0, 0.05) is 6.07 Å². The standard InChI is InChI=1S/C7HClF2N2O2.C7H2ClF2N/c8-5-4(9)1-3(2-11)7(6(5)10)12(13)14;8-7-5(9)1-4(3-11)2-6(7)10/h1H;1-2H. The van der Waals surface area contributed by atoms with Crippen LogP contribution in [-0.2, 0) is 0 Å². The lowest BCUT2D eigenvalue weighted by atomic mass is 10.2. The van der Waals surface area contributed by atoms with Crippen LogP contribution < -0.4 is 0 Å². The van der Waals surface area contributed by atoms with Gasteiger partial charge in [0.25, 0.3) is 0 Å². The Morgan fingerprint density at radius 3 is 1.80 bits per heavy atom. The van der Waals surface area contributed by atoms with E-state index in [4.69, 9.17) is 33.7 Å². The van der Waals surface area contributed by atoms with E-state index in [2.05, 4.69) is 0 Å². The summed E-state index contributed by atoms with van der Waals surface area (Å²) in [6.07, 6.45) is 0. The molecule has 0 aliphatic heterocycles. The molecule has 0 bridgehead atoms. The van der Waals surface area contributed by atoms with E-state index >= 15 is 0 Å². The second kappa shape index (κ2) is 8.29. The molecule has 2 aromatic carbocycles. The third kappa shape index (κ3) is 4.57. The van der Waals surface area contributed by atoms with E-state index in [-0.39, 0.29) is 5.56 Å². The van der Waals surface area contributed by atoms with E-state index in [9.17, 15) is 27.7 Å². The molecule has 2 rings (SSSR count). The predicted octanol–water partition coefficient (Wildman–Crippen LogP) is 4.89. The van der Waals surface area contributed by atoms with E-state index in [0.717, 1.165) is 12.1 Å². The minimum Gasteiger partial charge on any atom is -0.258 e. The van der Waals surface area contributed by atoms with Gasteiger partial charge in [0.1, 0.15) is 39.1 Å². The SMILES string of the molecule is N#Cc1cc(F)c(Cl)c(F)c1.N#Cc1cc(F)c(Cl)c(F)c1[N+](=O)[O-]. The van der Waals surface area contributed by atoms with Crippen LogP contribution in [-0.4, -0.2) is 4.92 Å². The van der Waals surface area contributed by atoms with Crippen LogP contribution >= 0.6 is 23.2 Å². The lowest BCUT2D eigenvalue weighted by Crippen LogP contribution is -1.99. The van der Waals surface area contributed by atoms with Crippen molar-refractivity contribution in [1.29, 1.82) is 10.5 Å². The van der Waals surface area contributed by atoms with Crippen LogP contribution in [0.2, 0.25) is 10.0 Å². The van der Waals surface area contributed by atoms with Crippen LogP contribution in [0.4, 0.5) is 23.2 Å². The summed E-state index contributed by atoms with van der Waals surface area (Å²) in [5, 5.41) is 25.4. The topological polar surface area (TPSA) is 90.7 Å². The number of nitro benzene ring substituents is 1. The first-order chi connectivity index (χ1) is 11.6. The molecule has 0 fully saturated rings. The lowest BCUT2D eigenvalue weighted by molar-refractivity contribution is -0.387. The Labute approximate surface area is 147 Å². The highest BCUT2D eigenvalue weighted by Crippen LogP contribution is 2.30. The van der Waals surface area contributed by atoms with E-state index in [0.29, 0.717) is 6.07 Å². The quantitative estimate of drug-likeness (QED) is 0.299. The van der Waals surface area contributed by atoms with Crippen molar-refractivity contribution < 1.29 is 22.5 Å². The molecule has 128 valence electrons. The maximum Gasteiger partial charge on any atom is 0.324 e. The van der Waals surface area contributed by atoms with Gasteiger partial charge in [0.15, 0.2) is 0 Å². The number of benzene rings is 2. The third-order valence-electron chi connectivity index (χ3n) is 2.55. The third-order valence-corrected chi connectivity index (χ3v) is 3.26. The molecular weight excluding hydrogens is 389 g/mol. The molecule has 0 amide bonds. The first-order valence-corrected chi connectivity index (χ1v) is 6.66. The molecule has 0 aromatic heterocycles. The molecule has 2 aromatic rings. The second-order valence-corrected chi connectivity index (χ2v) is 4.87. The summed E-state index contributed by atoms with van der Waals surface area (Å²) in [5.74, 6) is -4.56. The van der Waals surface area contributed by atoms with Gasteiger partial charge in [-0.3, -0.25) is 10.1 Å². The van der Waals surface area contributed by atoms with Crippen molar-refractivity contribution >= 4 is 28.9 Å². The molecule has 0 saturated carbocycles. The summed E-state index contributed by atoms with van der Waals surface area (Å²) in [7, 11) is 0. The second-order valence-electron chi connectivity index (χ2n) is 4.12. The van der Waals surface area contributed by atoms with Crippen LogP contribution in [0.15, 0.2) is 18.2 Å². The van der Waals surface area contributed by atoms with Crippen LogP contribution in [0.25, 0.3) is 0 Å². The van der Waals surface area contributed by atoms with E-state index < -0.39 is 49.5 Å². The van der Waals surface area contributed by atoms with Gasteiger partial charge in [-0.05, 0) is 12.1 Å². The van der Waals surface area contributed by atoms with Crippen LogP contribution in [0.5, 0.6) is 0 Å². The predicted molar refractivity (Wildman–Crippen MR) is 78.8 cm³/mol. The van der Waals surface area contributed by atoms with E-state index in [1.807, 2.05) is 0 Å². The molecule has 0 saturated heterocycles. The monoisotopic (exact) mass is 391 g/mol. The van der Waals surface area contributed by atoms with Gasteiger partial charge < -0.3 is 0 Å². The van der Waals surface area contributed by atoms with Gasteiger partial charge in [0.2, 0.25) is 5.82 Å². The maximum atomic E-state index is 13.0. The number of nitriles is 2. The van der Waals surface area contributed by atoms with Crippen molar-refractivity contribution in [2.75, 3.05) is 0 Å². The van der Waals surface area contributed by atoms with Crippen molar-refractivity contribution in [3.8, 4) is 12.1 Å². The molecule has 0 heterocycles. The molecule has 0 radical (unpaired) electrons. The highest BCUT2D eigenvalue weighted by molar-refractivity contribution is 6.31. The molecule has 0 atom stereocenters. The van der Waals surface area contributed by atoms with Crippen LogP contribution in [0.1, 0.15) is 11.1 Å². The zero-order valence-electron chi connectivity index (χ0n) is 11.7. The van der Waals surface area contributed by atoms with Crippen molar-refractivity contribution in [1.82, 2.24) is 0 Å². The summed E-state index contributed by atoms with van der Waals surface area (Å²) in [5.41, 5.74) is -1.89. The molecule has 25 heavy (non-hydrogen) atoms. The Morgan fingerprint density at radius 1 is 0.920 bits per heavy atom. The number of halogens is 6. The Kier molecular flexibility index (Phi) is 6.68. The molecular formula is C14H3Cl2F4N3O2. The Morgan fingerprint density at radius 2 is 1.40 bits per heavy atom. The van der Waals surface area contributed by atoms with Crippen molar-refractivity contribution in [2.45, 2.75) is 0 Å². The minimum absolute atomic E-state index is 0.0793. The minimum atomic E-state index is -1.53. The van der Waals surface area contributed by atoms with Crippen molar-refractivity contribution in [2.24, 2.45) is 0 Å². The fourth-order valence-corrected chi connectivity index (χ4v) is 1.72. The molecule has 0 aliphatic rings. The molecule has 0 N–H and O–H groups in total. The molecule has 0 spiro atoms. The number of rotatable bonds is 1. The van der Waals surface area contributed by atoms with Gasteiger partial charge in [0.05, 0.1) is 16.6 Å². The first kappa shape index (κ1) is 20.2. The Bertz CT molecular complexity index is 916. The number of hydrogen-bond donors (Lipinski definition) is 0. The van der Waals surface area contributed by atoms with Gasteiger partial charge in [-0.1, -0.05) is 23.2 Å². The van der Waals surface area contributed by atoms with Gasteiger partial charge in [-0.2, -0.15) is 14.9 Å². The fraction of sp³-hybridized carbons (Fsp3) is 0. The summed E-state index contributed by atoms with van der Waals surface area (Å²) < 4.78 is 50.7. The van der Waals surface area contributed by atoms with Gasteiger partial charge in [-0.15, -0.1) is 0 Å². The molecule has 11 heteroatoms. The fourth-order valence-electron chi connectivity index (χ4n) is 1.47. The lowest BCUT2D eigenvalue weighted by Gasteiger charge is -1.99. The normalized spacial score (nSPS) is 9.44. The van der Waals surface area contributed by atoms with Gasteiger partial charge in [-0.25, -0.2) is 13.2 Å². The highest BCUT2D eigenvalue weighted by atomic mass is 35.5. The number of hydrogen-bond acceptors (Lipinski definition) is 4. The zero-order valence-corrected chi connectivity index (χ0v) is 13.2. The van der Waals surface area contributed by atoms with Crippen LogP contribution in [0, 0.1) is 56.0 Å².